The normalized spacial score (nSPS) is 10.4. The van der Waals surface area contributed by atoms with E-state index in [4.69, 9.17) is 4.42 Å². The van der Waals surface area contributed by atoms with E-state index in [1.807, 2.05) is 6.07 Å². The van der Waals surface area contributed by atoms with Crippen molar-refractivity contribution in [3.05, 3.63) is 54.0 Å². The van der Waals surface area contributed by atoms with Crippen LogP contribution in [0.4, 0.5) is 5.69 Å². The van der Waals surface area contributed by atoms with Crippen molar-refractivity contribution in [3.63, 3.8) is 0 Å². The van der Waals surface area contributed by atoms with Gasteiger partial charge in [0, 0.05) is 17.8 Å². The Morgan fingerprint density at radius 2 is 2.04 bits per heavy atom. The molecule has 0 atom stereocenters. The first-order valence-corrected chi connectivity index (χ1v) is 8.10. The lowest BCUT2D eigenvalue weighted by Gasteiger charge is -2.08. The van der Waals surface area contributed by atoms with Gasteiger partial charge in [-0.3, -0.25) is 9.59 Å². The lowest BCUT2D eigenvalue weighted by Crippen LogP contribution is -2.28. The topological polar surface area (TPSA) is 83.4 Å². The first-order chi connectivity index (χ1) is 11.7. The zero-order valence-corrected chi connectivity index (χ0v) is 13.8. The molecule has 0 bridgehead atoms. The number of furan rings is 1. The van der Waals surface area contributed by atoms with Gasteiger partial charge in [-0.2, -0.15) is 0 Å². The molecule has 1 aromatic carbocycles. The second-order valence-electron chi connectivity index (χ2n) is 5.42. The Labute approximate surface area is 141 Å². The molecule has 0 radical (unpaired) electrons. The summed E-state index contributed by atoms with van der Waals surface area (Å²) < 4.78 is 5.18. The Balaban J connectivity index is 1.80. The van der Waals surface area contributed by atoms with Crippen molar-refractivity contribution < 1.29 is 14.0 Å². The van der Waals surface area contributed by atoms with Crippen LogP contribution in [0.1, 0.15) is 35.9 Å². The number of nitrogens with one attached hydrogen (secondary N) is 3. The van der Waals surface area contributed by atoms with Gasteiger partial charge >= 0.3 is 0 Å². The highest BCUT2D eigenvalue weighted by molar-refractivity contribution is 5.97. The van der Waals surface area contributed by atoms with Crippen molar-refractivity contribution >= 4 is 17.5 Å². The molecule has 2 amide bonds. The molecule has 2 aromatic rings. The fourth-order valence-corrected chi connectivity index (χ4v) is 2.14. The summed E-state index contributed by atoms with van der Waals surface area (Å²) in [6.07, 6.45) is 3.57. The molecule has 0 unspecified atom stereocenters. The Hall–Kier alpha value is -2.60. The third-order valence-corrected chi connectivity index (χ3v) is 3.39. The lowest BCUT2D eigenvalue weighted by atomic mass is 10.2. The largest absolute Gasteiger partial charge is 0.468 e. The van der Waals surface area contributed by atoms with Crippen molar-refractivity contribution in [1.29, 1.82) is 0 Å². The summed E-state index contributed by atoms with van der Waals surface area (Å²) in [5.74, 6) is 0.467. The maximum Gasteiger partial charge on any atom is 0.251 e. The first-order valence-electron chi connectivity index (χ1n) is 8.10. The molecule has 0 aliphatic rings. The highest BCUT2D eigenvalue weighted by Gasteiger charge is 2.07. The number of amides is 2. The third kappa shape index (κ3) is 5.89. The van der Waals surface area contributed by atoms with Gasteiger partial charge in [-0.05, 0) is 36.8 Å². The van der Waals surface area contributed by atoms with Crippen molar-refractivity contribution in [2.24, 2.45) is 0 Å². The van der Waals surface area contributed by atoms with Crippen LogP contribution in [-0.4, -0.2) is 24.9 Å². The van der Waals surface area contributed by atoms with Crippen LogP contribution in [0.5, 0.6) is 0 Å². The third-order valence-electron chi connectivity index (χ3n) is 3.39. The van der Waals surface area contributed by atoms with Crippen molar-refractivity contribution in [2.45, 2.75) is 26.3 Å². The quantitative estimate of drug-likeness (QED) is 0.617. The summed E-state index contributed by atoms with van der Waals surface area (Å²) in [6.45, 7) is 3.37. The van der Waals surface area contributed by atoms with E-state index < -0.39 is 0 Å². The fourth-order valence-electron chi connectivity index (χ4n) is 2.14. The van der Waals surface area contributed by atoms with Crippen LogP contribution in [0, 0.1) is 0 Å². The Kier molecular flexibility index (Phi) is 7.04. The first kappa shape index (κ1) is 17.7. The zero-order valence-electron chi connectivity index (χ0n) is 13.8. The van der Waals surface area contributed by atoms with Crippen molar-refractivity contribution in [3.8, 4) is 0 Å². The number of rotatable bonds is 9. The fraction of sp³-hybridized carbons (Fsp3) is 0.333. The van der Waals surface area contributed by atoms with Gasteiger partial charge in [0.1, 0.15) is 5.76 Å². The van der Waals surface area contributed by atoms with E-state index in [-0.39, 0.29) is 18.4 Å². The number of anilines is 1. The minimum atomic E-state index is -0.176. The van der Waals surface area contributed by atoms with Gasteiger partial charge in [0.2, 0.25) is 5.91 Å². The summed E-state index contributed by atoms with van der Waals surface area (Å²) in [5.41, 5.74) is 1.13. The lowest BCUT2D eigenvalue weighted by molar-refractivity contribution is -0.115. The summed E-state index contributed by atoms with van der Waals surface area (Å²) in [5, 5.41) is 8.62. The van der Waals surface area contributed by atoms with Crippen LogP contribution in [0.15, 0.2) is 47.1 Å². The van der Waals surface area contributed by atoms with Gasteiger partial charge in [0.15, 0.2) is 0 Å². The standard InChI is InChI=1S/C18H23N3O3/c1-2-3-9-20-18(23)14-6-4-7-15(11-14)21-17(22)13-19-12-16-8-5-10-24-16/h4-8,10-11,19H,2-3,9,12-13H2,1H3,(H,20,23)(H,21,22). The summed E-state index contributed by atoms with van der Waals surface area (Å²) in [7, 11) is 0. The maximum atomic E-state index is 12.0. The average molecular weight is 329 g/mol. The van der Waals surface area contributed by atoms with E-state index in [0.717, 1.165) is 18.6 Å². The number of benzene rings is 1. The van der Waals surface area contributed by atoms with Crippen molar-refractivity contribution in [1.82, 2.24) is 10.6 Å². The molecular formula is C18H23N3O3. The van der Waals surface area contributed by atoms with Gasteiger partial charge in [-0.25, -0.2) is 0 Å². The summed E-state index contributed by atoms with van der Waals surface area (Å²) in [6, 6.07) is 10.5. The molecule has 24 heavy (non-hydrogen) atoms. The van der Waals surface area contributed by atoms with Crippen LogP contribution in [-0.2, 0) is 11.3 Å². The van der Waals surface area contributed by atoms with Gasteiger partial charge < -0.3 is 20.4 Å². The van der Waals surface area contributed by atoms with E-state index in [2.05, 4.69) is 22.9 Å². The maximum absolute atomic E-state index is 12.0. The molecule has 6 heteroatoms. The molecular weight excluding hydrogens is 306 g/mol. The van der Waals surface area contributed by atoms with Gasteiger partial charge in [-0.1, -0.05) is 19.4 Å². The van der Waals surface area contributed by atoms with Gasteiger partial charge in [0.05, 0.1) is 19.4 Å². The Morgan fingerprint density at radius 3 is 2.79 bits per heavy atom. The van der Waals surface area contributed by atoms with Crippen LogP contribution >= 0.6 is 0 Å². The molecule has 1 aromatic heterocycles. The summed E-state index contributed by atoms with van der Waals surface area (Å²) in [4.78, 5) is 23.9. The summed E-state index contributed by atoms with van der Waals surface area (Å²) >= 11 is 0. The number of carbonyl (C=O) groups excluding carboxylic acids is 2. The van der Waals surface area contributed by atoms with E-state index in [1.165, 1.54) is 0 Å². The Bertz CT molecular complexity index is 653. The second kappa shape index (κ2) is 9.52. The minimum absolute atomic E-state index is 0.129. The number of carbonyl (C=O) groups is 2. The molecule has 128 valence electrons. The molecule has 3 N–H and O–H groups in total. The van der Waals surface area contributed by atoms with Crippen LogP contribution in [0.25, 0.3) is 0 Å². The van der Waals surface area contributed by atoms with Gasteiger partial charge in [0.25, 0.3) is 5.91 Å². The molecule has 6 nitrogen and oxygen atoms in total. The highest BCUT2D eigenvalue weighted by atomic mass is 16.3. The minimum Gasteiger partial charge on any atom is -0.468 e. The average Bonchev–Trinajstić information content (AvgIpc) is 3.08. The van der Waals surface area contributed by atoms with Crippen molar-refractivity contribution in [2.75, 3.05) is 18.4 Å². The number of hydrogen-bond acceptors (Lipinski definition) is 4. The van der Waals surface area contributed by atoms with E-state index >= 15 is 0 Å². The Morgan fingerprint density at radius 1 is 1.17 bits per heavy atom. The van der Waals surface area contributed by atoms with Crippen LogP contribution in [0.3, 0.4) is 0 Å². The predicted molar refractivity (Wildman–Crippen MR) is 92.7 cm³/mol. The molecule has 0 saturated carbocycles. The second-order valence-corrected chi connectivity index (χ2v) is 5.42. The van der Waals surface area contributed by atoms with E-state index in [9.17, 15) is 9.59 Å². The molecule has 2 rings (SSSR count). The highest BCUT2D eigenvalue weighted by Crippen LogP contribution is 2.10. The van der Waals surface area contributed by atoms with Crippen LogP contribution < -0.4 is 16.0 Å². The zero-order chi connectivity index (χ0) is 17.2. The monoisotopic (exact) mass is 329 g/mol. The molecule has 0 spiro atoms. The molecule has 0 aliphatic heterocycles. The predicted octanol–water partition coefficient (Wildman–Crippen LogP) is 2.54. The number of hydrogen-bond donors (Lipinski definition) is 3. The molecule has 0 fully saturated rings. The molecule has 0 saturated heterocycles. The smallest absolute Gasteiger partial charge is 0.251 e. The van der Waals surface area contributed by atoms with E-state index in [0.29, 0.717) is 24.3 Å². The SMILES string of the molecule is CCCCNC(=O)c1cccc(NC(=O)CNCc2ccco2)c1. The van der Waals surface area contributed by atoms with Gasteiger partial charge in [-0.15, -0.1) is 0 Å². The molecule has 0 aliphatic carbocycles. The molecule has 1 heterocycles. The number of unbranched alkanes of at least 4 members (excludes halogenated alkanes) is 1. The van der Waals surface area contributed by atoms with E-state index in [1.54, 1.807) is 36.6 Å². The van der Waals surface area contributed by atoms with Crippen LogP contribution in [0.2, 0.25) is 0 Å².